The van der Waals surface area contributed by atoms with Gasteiger partial charge in [-0.25, -0.2) is 14.6 Å². The average Bonchev–Trinajstić information content (AvgIpc) is 3.96. The Labute approximate surface area is 429 Å². The van der Waals surface area contributed by atoms with Crippen LogP contribution < -0.4 is 16.0 Å². The van der Waals surface area contributed by atoms with E-state index in [9.17, 15) is 14.4 Å². The van der Waals surface area contributed by atoms with Crippen LogP contribution in [-0.2, 0) is 36.7 Å². The van der Waals surface area contributed by atoms with E-state index < -0.39 is 47.6 Å². The maximum Gasteiger partial charge on any atom is 0.408 e. The lowest BCUT2D eigenvalue weighted by Gasteiger charge is -2.27. The smallest absolute Gasteiger partial charge is 0.408 e. The molecule has 3 atom stereocenters. The molecule has 10 rings (SSSR count). The molecule has 0 bridgehead atoms. The lowest BCUT2D eigenvalue weighted by molar-refractivity contribution is -0.147. The molecule has 0 saturated heterocycles. The lowest BCUT2D eigenvalue weighted by atomic mass is 9.89. The van der Waals surface area contributed by atoms with Crippen LogP contribution in [0.25, 0.3) is 82.3 Å². The maximum atomic E-state index is 15.1. The molecule has 0 unspecified atom stereocenters. The Kier molecular flexibility index (Phi) is 13.6. The molecular weight excluding hydrogens is 925 g/mol. The van der Waals surface area contributed by atoms with E-state index in [1.807, 2.05) is 86.8 Å². The molecule has 12 nitrogen and oxygen atoms in total. The average molecular weight is 985 g/mol. The van der Waals surface area contributed by atoms with Crippen LogP contribution in [-0.4, -0.2) is 68.7 Å². The number of benzene rings is 7. The number of rotatable bonds is 16. The summed E-state index contributed by atoms with van der Waals surface area (Å²) in [6, 6.07) is 46.1. The zero-order valence-corrected chi connectivity index (χ0v) is 42.5. The highest BCUT2D eigenvalue weighted by Gasteiger charge is 2.34. The number of carbonyl (C=O) groups excluding carboxylic acids is 4. The van der Waals surface area contributed by atoms with Gasteiger partial charge in [0.2, 0.25) is 11.8 Å². The molecule has 4 N–H and O–H groups in total. The summed E-state index contributed by atoms with van der Waals surface area (Å²) in [4.78, 5) is 65.0. The van der Waals surface area contributed by atoms with Crippen LogP contribution in [0, 0.1) is 5.92 Å². The number of fused-ring (bicyclic) bond motifs is 2. The number of aromatic amines is 1. The van der Waals surface area contributed by atoms with Crippen molar-refractivity contribution >= 4 is 78.0 Å². The largest absolute Gasteiger partial charge is 0.464 e. The van der Waals surface area contributed by atoms with Gasteiger partial charge >= 0.3 is 12.1 Å². The molecule has 3 amide bonds. The van der Waals surface area contributed by atoms with Crippen molar-refractivity contribution in [2.75, 3.05) is 6.61 Å². The summed E-state index contributed by atoms with van der Waals surface area (Å²) in [5, 5.41) is 17.8. The number of H-pyrrole nitrogens is 1. The summed E-state index contributed by atoms with van der Waals surface area (Å²) in [6.45, 7) is 11.0. The van der Waals surface area contributed by atoms with Crippen molar-refractivity contribution in [1.29, 1.82) is 0 Å². The summed E-state index contributed by atoms with van der Waals surface area (Å²) < 4.78 is 13.3. The van der Waals surface area contributed by atoms with E-state index in [1.54, 1.807) is 33.9 Å². The van der Waals surface area contributed by atoms with Crippen molar-refractivity contribution in [3.63, 3.8) is 0 Å². The number of carbonyl (C=O) groups is 4. The van der Waals surface area contributed by atoms with Crippen LogP contribution in [0.1, 0.15) is 59.1 Å². The van der Waals surface area contributed by atoms with Gasteiger partial charge < -0.3 is 30.4 Å². The fourth-order valence-electron chi connectivity index (χ4n) is 10.4. The second-order valence-corrected chi connectivity index (χ2v) is 20.4. The number of ether oxygens (including phenoxy) is 2. The van der Waals surface area contributed by atoms with Crippen molar-refractivity contribution in [2.45, 2.75) is 84.5 Å². The molecule has 0 spiro atoms. The van der Waals surface area contributed by atoms with E-state index in [0.29, 0.717) is 5.82 Å². The predicted octanol–water partition coefficient (Wildman–Crippen LogP) is 12.0. The number of esters is 1. The molecule has 7 aromatic carbocycles. The van der Waals surface area contributed by atoms with E-state index in [-0.39, 0.29) is 31.8 Å². The zero-order chi connectivity index (χ0) is 51.7. The normalized spacial score (nSPS) is 13.1. The quantitative estimate of drug-likeness (QED) is 0.0555. The monoisotopic (exact) mass is 984 g/mol. The Balaban J connectivity index is 1.03. The van der Waals surface area contributed by atoms with Gasteiger partial charge in [-0.1, -0.05) is 135 Å². The van der Waals surface area contributed by atoms with Crippen molar-refractivity contribution in [3.8, 4) is 28.2 Å². The van der Waals surface area contributed by atoms with Crippen LogP contribution in [0.4, 0.5) is 4.79 Å². The number of aromatic nitrogens is 3. The lowest BCUT2D eigenvalue weighted by Crippen LogP contribution is -2.57. The number of para-hydroxylation sites is 2. The molecule has 0 aliphatic carbocycles. The number of nitrogens with one attached hydrogen (secondary N) is 4. The van der Waals surface area contributed by atoms with E-state index in [1.165, 1.54) is 32.3 Å². The van der Waals surface area contributed by atoms with E-state index in [0.717, 1.165) is 55.3 Å². The summed E-state index contributed by atoms with van der Waals surface area (Å²) in [5.74, 6) is -1.14. The van der Waals surface area contributed by atoms with Gasteiger partial charge in [0, 0.05) is 41.5 Å². The molecule has 0 aliphatic heterocycles. The second kappa shape index (κ2) is 20.5. The Bertz CT molecular complexity index is 3670. The Hall–Kier alpha value is -8.51. The summed E-state index contributed by atoms with van der Waals surface area (Å²) >= 11 is 0. The standard InChI is InChI=1S/C62H60N6O6/c1-7-73-60(71)52(34-43-36-64-49-19-10-8-17-45(43)49)66-58(69)50(33-37(2)3)65-59(70)51(67-61(72)74-62(4,5)6)35-48-46-18-9-11-20-53(46)68(54-21-12-13-32-63-54)57(48)42-26-22-38(23-27-42)44-30-28-41-25-24-39-15-14-16-40-29-31-47(44)56(41)55(39)40/h8-32,36-37,50-52,64H,7,33-35H2,1-6H3,(H,65,70)(H,66,69)(H,67,72)/t50-,51-,52-/m0/s1. The third-order valence-electron chi connectivity index (χ3n) is 13.6. The summed E-state index contributed by atoms with van der Waals surface area (Å²) in [5.41, 5.74) is 6.25. The number of alkyl carbamates (subject to hydrolysis) is 1. The van der Waals surface area contributed by atoms with Gasteiger partial charge in [0.05, 0.1) is 17.8 Å². The second-order valence-electron chi connectivity index (χ2n) is 20.4. The van der Waals surface area contributed by atoms with Crippen LogP contribution in [0.15, 0.2) is 158 Å². The van der Waals surface area contributed by atoms with Crippen LogP contribution >= 0.6 is 0 Å². The van der Waals surface area contributed by atoms with Crippen LogP contribution in [0.5, 0.6) is 0 Å². The van der Waals surface area contributed by atoms with Crippen LogP contribution in [0.3, 0.4) is 0 Å². The molecule has 3 aromatic heterocycles. The Morgan fingerprint density at radius 2 is 1.28 bits per heavy atom. The van der Waals surface area contributed by atoms with Crippen molar-refractivity contribution in [2.24, 2.45) is 5.92 Å². The molecule has 12 heteroatoms. The first-order chi connectivity index (χ1) is 35.7. The Morgan fingerprint density at radius 3 is 2.00 bits per heavy atom. The van der Waals surface area contributed by atoms with Gasteiger partial charge in [0.1, 0.15) is 29.5 Å². The topological polar surface area (TPSA) is 156 Å². The minimum Gasteiger partial charge on any atom is -0.464 e. The summed E-state index contributed by atoms with van der Waals surface area (Å²) in [7, 11) is 0. The van der Waals surface area contributed by atoms with Crippen molar-refractivity contribution in [3.05, 3.63) is 169 Å². The highest BCUT2D eigenvalue weighted by Crippen LogP contribution is 2.41. The van der Waals surface area contributed by atoms with Crippen LogP contribution in [0.2, 0.25) is 0 Å². The predicted molar refractivity (Wildman–Crippen MR) is 294 cm³/mol. The van der Waals surface area contributed by atoms with Crippen molar-refractivity contribution in [1.82, 2.24) is 30.5 Å². The molecule has 0 aliphatic rings. The van der Waals surface area contributed by atoms with Gasteiger partial charge in [-0.2, -0.15) is 0 Å². The fourth-order valence-corrected chi connectivity index (χ4v) is 10.4. The van der Waals surface area contributed by atoms with Gasteiger partial charge in [0.25, 0.3) is 0 Å². The number of pyridine rings is 1. The number of nitrogens with zero attached hydrogens (tertiary/aromatic N) is 2. The molecular formula is C62H60N6O6. The fraction of sp³-hybridized carbons (Fsp3) is 0.242. The maximum absolute atomic E-state index is 15.1. The van der Waals surface area contributed by atoms with Crippen molar-refractivity contribution < 1.29 is 28.7 Å². The minimum absolute atomic E-state index is 0.000431. The highest BCUT2D eigenvalue weighted by atomic mass is 16.6. The summed E-state index contributed by atoms with van der Waals surface area (Å²) in [6.07, 6.45) is 3.17. The Morgan fingerprint density at radius 1 is 0.635 bits per heavy atom. The van der Waals surface area contributed by atoms with Gasteiger partial charge in [0.15, 0.2) is 0 Å². The number of hydrogen-bond acceptors (Lipinski definition) is 7. The first-order valence-corrected chi connectivity index (χ1v) is 25.4. The first kappa shape index (κ1) is 49.1. The molecule has 0 saturated carbocycles. The third-order valence-corrected chi connectivity index (χ3v) is 13.6. The zero-order valence-electron chi connectivity index (χ0n) is 42.5. The molecule has 74 heavy (non-hydrogen) atoms. The third kappa shape index (κ3) is 10.00. The van der Waals surface area contributed by atoms with Gasteiger partial charge in [-0.15, -0.1) is 0 Å². The molecule has 0 radical (unpaired) electrons. The first-order valence-electron chi connectivity index (χ1n) is 25.4. The van der Waals surface area contributed by atoms with Gasteiger partial charge in [-0.3, -0.25) is 14.2 Å². The molecule has 3 heterocycles. The number of hydrogen-bond donors (Lipinski definition) is 4. The van der Waals surface area contributed by atoms with E-state index in [4.69, 9.17) is 14.5 Å². The van der Waals surface area contributed by atoms with E-state index in [2.05, 4.69) is 104 Å². The van der Waals surface area contributed by atoms with Gasteiger partial charge in [-0.05, 0) is 124 Å². The molecule has 374 valence electrons. The van der Waals surface area contributed by atoms with E-state index >= 15 is 4.79 Å². The highest BCUT2D eigenvalue weighted by molar-refractivity contribution is 6.25. The molecule has 10 aromatic rings. The number of amides is 3. The molecule has 0 fully saturated rings. The minimum atomic E-state index is -1.24. The SMILES string of the molecule is CCOC(=O)[C@H](Cc1c[nH]c2ccccc12)NC(=O)[C@H](CC(C)C)NC(=O)[C@H](Cc1c(-c2ccc(-c3ccc4ccc5cccc6ccc3c4c56)cc2)n(-c2ccccn2)c2ccccc12)NC(=O)OC(C)(C)C.